The summed E-state index contributed by atoms with van der Waals surface area (Å²) in [7, 11) is 0. The van der Waals surface area contributed by atoms with E-state index in [0.717, 1.165) is 18.4 Å². The monoisotopic (exact) mass is 406 g/mol. The number of hydrogen-bond acceptors (Lipinski definition) is 6. The number of non-ortho nitro benzene ring substituents is 1. The number of carbonyl (C=O) groups is 2. The first-order chi connectivity index (χ1) is 14.5. The number of piperidine rings is 1. The van der Waals surface area contributed by atoms with Crippen molar-refractivity contribution >= 4 is 23.1 Å². The van der Waals surface area contributed by atoms with Gasteiger partial charge in [-0.25, -0.2) is 0 Å². The molecule has 1 aromatic carbocycles. The van der Waals surface area contributed by atoms with Crippen molar-refractivity contribution in [1.29, 1.82) is 0 Å². The molecule has 8 nitrogen and oxygen atoms in total. The van der Waals surface area contributed by atoms with Crippen LogP contribution in [0.1, 0.15) is 30.9 Å². The summed E-state index contributed by atoms with van der Waals surface area (Å²) in [6.07, 6.45) is 5.28. The van der Waals surface area contributed by atoms with Gasteiger partial charge in [-0.3, -0.25) is 29.6 Å². The average molecular weight is 406 g/mol. The lowest BCUT2D eigenvalue weighted by molar-refractivity contribution is -0.384. The summed E-state index contributed by atoms with van der Waals surface area (Å²) in [4.78, 5) is 44.5. The number of nitrogens with zero attached hydrogens (tertiary/aromatic N) is 4. The summed E-state index contributed by atoms with van der Waals surface area (Å²) in [5.41, 5.74) is 1.98. The molecule has 2 aliphatic rings. The van der Waals surface area contributed by atoms with Gasteiger partial charge in [-0.05, 0) is 54.2 Å². The summed E-state index contributed by atoms with van der Waals surface area (Å²) >= 11 is 0. The van der Waals surface area contributed by atoms with E-state index in [9.17, 15) is 19.7 Å². The van der Waals surface area contributed by atoms with E-state index in [0.29, 0.717) is 35.8 Å². The van der Waals surface area contributed by atoms with Crippen molar-refractivity contribution < 1.29 is 14.5 Å². The van der Waals surface area contributed by atoms with E-state index < -0.39 is 4.92 Å². The number of rotatable bonds is 5. The Morgan fingerprint density at radius 2 is 1.80 bits per heavy atom. The molecule has 30 heavy (non-hydrogen) atoms. The number of imide groups is 1. The van der Waals surface area contributed by atoms with Crippen LogP contribution in [0.5, 0.6) is 0 Å². The Kier molecular flexibility index (Phi) is 5.31. The second-order valence-corrected chi connectivity index (χ2v) is 7.77. The van der Waals surface area contributed by atoms with Crippen molar-refractivity contribution in [2.45, 2.75) is 26.3 Å². The molecular weight excluding hydrogens is 384 g/mol. The second kappa shape index (κ2) is 8.06. The molecule has 2 aliphatic heterocycles. The van der Waals surface area contributed by atoms with E-state index >= 15 is 0 Å². The first-order valence-electron chi connectivity index (χ1n) is 9.95. The normalized spacial score (nSPS) is 19.6. The smallest absolute Gasteiger partial charge is 0.278 e. The minimum absolute atomic E-state index is 0.0575. The Bertz CT molecular complexity index is 1020. The zero-order valence-corrected chi connectivity index (χ0v) is 16.7. The topological polar surface area (TPSA) is 96.7 Å². The van der Waals surface area contributed by atoms with Crippen LogP contribution in [-0.4, -0.2) is 44.6 Å². The van der Waals surface area contributed by atoms with Crippen molar-refractivity contribution in [3.8, 4) is 0 Å². The molecule has 1 saturated heterocycles. The van der Waals surface area contributed by atoms with Gasteiger partial charge in [-0.15, -0.1) is 0 Å². The largest absolute Gasteiger partial charge is 0.366 e. The van der Waals surface area contributed by atoms with E-state index in [1.54, 1.807) is 36.7 Å². The molecule has 0 spiro atoms. The van der Waals surface area contributed by atoms with Crippen LogP contribution < -0.4 is 0 Å². The lowest BCUT2D eigenvalue weighted by Crippen LogP contribution is -2.39. The molecule has 0 bridgehead atoms. The number of benzene rings is 1. The van der Waals surface area contributed by atoms with E-state index in [4.69, 9.17) is 0 Å². The lowest BCUT2D eigenvalue weighted by atomic mass is 9.97. The maximum atomic E-state index is 13.4. The Morgan fingerprint density at radius 3 is 2.43 bits per heavy atom. The van der Waals surface area contributed by atoms with Crippen LogP contribution >= 0.6 is 0 Å². The first kappa shape index (κ1) is 19.8. The maximum absolute atomic E-state index is 13.4. The number of nitro groups is 1. The average Bonchev–Trinajstić information content (AvgIpc) is 2.99. The van der Waals surface area contributed by atoms with Gasteiger partial charge in [0.1, 0.15) is 5.70 Å². The summed E-state index contributed by atoms with van der Waals surface area (Å²) < 4.78 is 0. The highest BCUT2D eigenvalue weighted by atomic mass is 16.6. The third-order valence-electron chi connectivity index (χ3n) is 5.57. The molecule has 4 rings (SSSR count). The fraction of sp³-hybridized carbons (Fsp3) is 0.318. The highest BCUT2D eigenvalue weighted by Crippen LogP contribution is 2.35. The Balaban J connectivity index is 1.74. The van der Waals surface area contributed by atoms with Gasteiger partial charge >= 0.3 is 0 Å². The van der Waals surface area contributed by atoms with E-state index in [2.05, 4.69) is 11.9 Å². The van der Waals surface area contributed by atoms with Crippen LogP contribution in [0.4, 0.5) is 5.69 Å². The summed E-state index contributed by atoms with van der Waals surface area (Å²) in [5, 5.41) is 11.0. The first-order valence-corrected chi connectivity index (χ1v) is 9.95. The molecule has 0 N–H and O–H groups in total. The van der Waals surface area contributed by atoms with Crippen molar-refractivity contribution in [2.75, 3.05) is 13.1 Å². The predicted molar refractivity (Wildman–Crippen MR) is 110 cm³/mol. The molecule has 154 valence electrons. The van der Waals surface area contributed by atoms with Crippen molar-refractivity contribution in [2.24, 2.45) is 5.92 Å². The van der Waals surface area contributed by atoms with Gasteiger partial charge in [-0.2, -0.15) is 0 Å². The van der Waals surface area contributed by atoms with Crippen LogP contribution in [0.3, 0.4) is 0 Å². The molecule has 1 unspecified atom stereocenters. The Morgan fingerprint density at radius 1 is 1.10 bits per heavy atom. The molecule has 1 aromatic heterocycles. The van der Waals surface area contributed by atoms with E-state index in [1.165, 1.54) is 17.0 Å². The summed E-state index contributed by atoms with van der Waals surface area (Å²) in [6, 6.07) is 9.36. The number of aromatic nitrogens is 1. The van der Waals surface area contributed by atoms with Crippen LogP contribution in [0.25, 0.3) is 5.57 Å². The van der Waals surface area contributed by atoms with E-state index in [-0.39, 0.29) is 24.0 Å². The third kappa shape index (κ3) is 3.68. The molecule has 8 heteroatoms. The van der Waals surface area contributed by atoms with Crippen molar-refractivity contribution in [3.63, 3.8) is 0 Å². The number of amides is 2. The Hall–Kier alpha value is -3.55. The van der Waals surface area contributed by atoms with Crippen molar-refractivity contribution in [3.05, 3.63) is 75.7 Å². The van der Waals surface area contributed by atoms with Gasteiger partial charge in [-0.1, -0.05) is 6.92 Å². The van der Waals surface area contributed by atoms with Gasteiger partial charge in [0, 0.05) is 37.6 Å². The van der Waals surface area contributed by atoms with Gasteiger partial charge in [0.05, 0.1) is 17.0 Å². The quantitative estimate of drug-likeness (QED) is 0.430. The third-order valence-corrected chi connectivity index (χ3v) is 5.57. The lowest BCUT2D eigenvalue weighted by Gasteiger charge is -2.33. The van der Waals surface area contributed by atoms with Crippen LogP contribution in [-0.2, 0) is 16.1 Å². The van der Waals surface area contributed by atoms with Crippen LogP contribution in [0, 0.1) is 16.0 Å². The molecule has 1 fully saturated rings. The molecule has 0 radical (unpaired) electrons. The van der Waals surface area contributed by atoms with Gasteiger partial charge in [0.15, 0.2) is 0 Å². The molecule has 1 atom stereocenters. The zero-order valence-electron chi connectivity index (χ0n) is 16.7. The highest BCUT2D eigenvalue weighted by Gasteiger charge is 2.42. The Labute approximate surface area is 174 Å². The standard InChI is InChI=1S/C22H22N4O4/c1-15-3-2-12-24(13-15)20-19(17-4-6-18(7-5-17)26(29)30)21(27)25(22(20)28)14-16-8-10-23-11-9-16/h4-11,15H,2-3,12-14H2,1H3. The van der Waals surface area contributed by atoms with Gasteiger partial charge < -0.3 is 4.90 Å². The number of nitro benzene ring substituents is 1. The molecule has 2 amide bonds. The zero-order chi connectivity index (χ0) is 21.3. The second-order valence-electron chi connectivity index (χ2n) is 7.77. The van der Waals surface area contributed by atoms with Gasteiger partial charge in [0.25, 0.3) is 17.5 Å². The molecule has 0 aliphatic carbocycles. The van der Waals surface area contributed by atoms with Crippen molar-refractivity contribution in [1.82, 2.24) is 14.8 Å². The fourth-order valence-corrected chi connectivity index (χ4v) is 4.07. The highest BCUT2D eigenvalue weighted by molar-refractivity contribution is 6.35. The number of pyridine rings is 1. The number of likely N-dealkylation sites (tertiary alicyclic amines) is 1. The van der Waals surface area contributed by atoms with Gasteiger partial charge in [0.2, 0.25) is 0 Å². The molecule has 0 saturated carbocycles. The fourth-order valence-electron chi connectivity index (χ4n) is 4.07. The molecular formula is C22H22N4O4. The number of hydrogen-bond donors (Lipinski definition) is 0. The predicted octanol–water partition coefficient (Wildman–Crippen LogP) is 3.00. The summed E-state index contributed by atoms with van der Waals surface area (Å²) in [5.74, 6) is -0.278. The van der Waals surface area contributed by atoms with Crippen LogP contribution in [0.2, 0.25) is 0 Å². The minimum Gasteiger partial charge on any atom is -0.366 e. The van der Waals surface area contributed by atoms with E-state index in [1.807, 2.05) is 4.90 Å². The molecule has 3 heterocycles. The SMILES string of the molecule is CC1CCCN(C2=C(c3ccc([N+](=O)[O-])cc3)C(=O)N(Cc3ccncc3)C2=O)C1. The maximum Gasteiger partial charge on any atom is 0.278 e. The minimum atomic E-state index is -0.483. The number of carbonyl (C=O) groups excluding carboxylic acids is 2. The summed E-state index contributed by atoms with van der Waals surface area (Å²) in [6.45, 7) is 3.70. The molecule has 2 aromatic rings. The van der Waals surface area contributed by atoms with Crippen LogP contribution in [0.15, 0.2) is 54.5 Å².